The van der Waals surface area contributed by atoms with E-state index in [1.807, 2.05) is 12.1 Å². The van der Waals surface area contributed by atoms with Crippen molar-refractivity contribution in [3.05, 3.63) is 54.6 Å². The number of rotatable bonds is 4. The van der Waals surface area contributed by atoms with Crippen molar-refractivity contribution in [3.63, 3.8) is 0 Å². The molecular formula is C22H31N2OP. The van der Waals surface area contributed by atoms with E-state index >= 15 is 0 Å². The summed E-state index contributed by atoms with van der Waals surface area (Å²) in [5.41, 5.74) is 0.965. The number of methoxy groups -OCH3 is 1. The molecule has 1 aliphatic heterocycles. The molecule has 0 N–H and O–H groups in total. The molecule has 1 saturated heterocycles. The summed E-state index contributed by atoms with van der Waals surface area (Å²) in [5.74, 6) is 0.856. The Hall–Kier alpha value is -1.57. The fourth-order valence-corrected chi connectivity index (χ4v) is 8.34. The van der Waals surface area contributed by atoms with Crippen LogP contribution in [0, 0.1) is 0 Å². The lowest BCUT2D eigenvalue weighted by Crippen LogP contribution is -2.39. The van der Waals surface area contributed by atoms with Crippen LogP contribution in [0.25, 0.3) is 0 Å². The van der Waals surface area contributed by atoms with Crippen molar-refractivity contribution in [1.29, 1.82) is 0 Å². The van der Waals surface area contributed by atoms with Gasteiger partial charge >= 0.3 is 0 Å². The van der Waals surface area contributed by atoms with Gasteiger partial charge in [0.1, 0.15) is 11.4 Å². The second-order valence-corrected chi connectivity index (χ2v) is 11.7. The fraction of sp³-hybridized carbons (Fsp3) is 0.455. The maximum absolute atomic E-state index is 5.63. The van der Waals surface area contributed by atoms with Crippen LogP contribution in [-0.2, 0) is 0 Å². The van der Waals surface area contributed by atoms with E-state index in [4.69, 9.17) is 9.48 Å². The third-order valence-electron chi connectivity index (χ3n) is 5.13. The lowest BCUT2D eigenvalue weighted by atomic mass is 10.2. The van der Waals surface area contributed by atoms with Crippen LogP contribution in [0.5, 0.6) is 5.75 Å². The van der Waals surface area contributed by atoms with Gasteiger partial charge in [0.2, 0.25) is 0 Å². The first-order chi connectivity index (χ1) is 12.5. The zero-order valence-electron chi connectivity index (χ0n) is 16.5. The molecule has 1 heterocycles. The molecule has 3 rings (SSSR count). The van der Waals surface area contributed by atoms with E-state index in [-0.39, 0.29) is 5.16 Å². The number of benzene rings is 2. The van der Waals surface area contributed by atoms with Crippen molar-refractivity contribution in [2.45, 2.75) is 45.2 Å². The number of para-hydroxylation sites is 1. The second-order valence-electron chi connectivity index (χ2n) is 7.89. The Balaban J connectivity index is 2.31. The minimum absolute atomic E-state index is 0.0343. The van der Waals surface area contributed by atoms with Gasteiger partial charge in [-0.3, -0.25) is 4.67 Å². The molecule has 0 aliphatic carbocycles. The topological polar surface area (TPSA) is 24.8 Å². The Bertz CT molecular complexity index is 774. The standard InChI is InChI=1S/C22H31N2OP/c1-22(2,3)26(19-13-7-5-8-14-19,24-17-11-6-12-18-24)23-20-15-9-10-16-21(20)25-4/h5,7-10,13-16H,6,11-12,17-18H2,1-4H3/t26-/m0/s1. The SMILES string of the molecule is COc1ccccc1N=[P@@](c1ccccc1)(N1CCCCC1)C(C)(C)C. The molecule has 2 aromatic rings. The molecule has 26 heavy (non-hydrogen) atoms. The van der Waals surface area contributed by atoms with Gasteiger partial charge in [-0.15, -0.1) is 0 Å². The Labute approximate surface area is 158 Å². The van der Waals surface area contributed by atoms with Crippen molar-refractivity contribution >= 4 is 18.2 Å². The van der Waals surface area contributed by atoms with Gasteiger partial charge in [0.25, 0.3) is 0 Å². The minimum Gasteiger partial charge on any atom is -0.494 e. The van der Waals surface area contributed by atoms with Gasteiger partial charge in [-0.1, -0.05) is 69.7 Å². The lowest BCUT2D eigenvalue weighted by Gasteiger charge is -2.47. The number of ether oxygens (including phenoxy) is 1. The summed E-state index contributed by atoms with van der Waals surface area (Å²) >= 11 is 0. The Kier molecular flexibility index (Phi) is 5.89. The molecule has 2 aromatic carbocycles. The minimum atomic E-state index is -1.99. The highest BCUT2D eigenvalue weighted by atomic mass is 31.2. The van der Waals surface area contributed by atoms with E-state index in [0.717, 1.165) is 24.5 Å². The highest BCUT2D eigenvalue weighted by Gasteiger charge is 2.41. The molecule has 0 aromatic heterocycles. The average molecular weight is 370 g/mol. The number of nitrogens with zero attached hydrogens (tertiary/aromatic N) is 2. The van der Waals surface area contributed by atoms with Crippen LogP contribution in [0.2, 0.25) is 0 Å². The Morgan fingerprint density at radius 2 is 1.50 bits per heavy atom. The van der Waals surface area contributed by atoms with Crippen LogP contribution in [0.15, 0.2) is 59.3 Å². The largest absolute Gasteiger partial charge is 0.494 e. The lowest BCUT2D eigenvalue weighted by molar-refractivity contribution is 0.361. The molecule has 0 spiro atoms. The van der Waals surface area contributed by atoms with Gasteiger partial charge < -0.3 is 4.74 Å². The summed E-state index contributed by atoms with van der Waals surface area (Å²) in [5, 5.41) is 1.40. The summed E-state index contributed by atoms with van der Waals surface area (Å²) in [6.45, 7) is 9.29. The van der Waals surface area contributed by atoms with E-state index in [1.54, 1.807) is 7.11 Å². The zero-order chi connectivity index (χ0) is 18.6. The summed E-state index contributed by atoms with van der Waals surface area (Å²) in [6, 6.07) is 19.1. The predicted molar refractivity (Wildman–Crippen MR) is 113 cm³/mol. The van der Waals surface area contributed by atoms with Gasteiger partial charge in [-0.2, -0.15) is 0 Å². The third kappa shape index (κ3) is 3.61. The van der Waals surface area contributed by atoms with E-state index in [1.165, 1.54) is 24.6 Å². The van der Waals surface area contributed by atoms with Gasteiger partial charge in [0.15, 0.2) is 0 Å². The predicted octanol–water partition coefficient (Wildman–Crippen LogP) is 6.05. The molecule has 4 heteroatoms. The van der Waals surface area contributed by atoms with Crippen molar-refractivity contribution in [2.24, 2.45) is 4.74 Å². The number of hydrogen-bond donors (Lipinski definition) is 0. The van der Waals surface area contributed by atoms with Crippen LogP contribution >= 0.6 is 7.21 Å². The highest BCUT2D eigenvalue weighted by molar-refractivity contribution is 7.73. The summed E-state index contributed by atoms with van der Waals surface area (Å²) in [6.07, 6.45) is 3.84. The molecule has 1 atom stereocenters. The molecule has 140 valence electrons. The van der Waals surface area contributed by atoms with E-state index < -0.39 is 7.21 Å². The fourth-order valence-electron chi connectivity index (χ4n) is 3.92. The molecule has 1 aliphatic rings. The van der Waals surface area contributed by atoms with Crippen molar-refractivity contribution < 1.29 is 4.74 Å². The van der Waals surface area contributed by atoms with E-state index in [9.17, 15) is 0 Å². The second kappa shape index (κ2) is 7.98. The number of hydrogen-bond acceptors (Lipinski definition) is 2. The van der Waals surface area contributed by atoms with Crippen LogP contribution in [-0.4, -0.2) is 30.0 Å². The first kappa shape index (κ1) is 19.2. The molecular weight excluding hydrogens is 339 g/mol. The molecule has 1 fully saturated rings. The van der Waals surface area contributed by atoms with Gasteiger partial charge in [-0.05, 0) is 25.0 Å². The molecule has 0 amide bonds. The first-order valence-electron chi connectivity index (χ1n) is 9.55. The summed E-state index contributed by atoms with van der Waals surface area (Å²) in [4.78, 5) is 0. The Morgan fingerprint density at radius 1 is 0.885 bits per heavy atom. The smallest absolute Gasteiger partial charge is 0.144 e. The summed E-state index contributed by atoms with van der Waals surface area (Å²) < 4.78 is 13.9. The van der Waals surface area contributed by atoms with Crippen LogP contribution in [0.1, 0.15) is 40.0 Å². The first-order valence-corrected chi connectivity index (χ1v) is 11.2. The molecule has 0 radical (unpaired) electrons. The monoisotopic (exact) mass is 370 g/mol. The Morgan fingerprint density at radius 3 is 2.12 bits per heavy atom. The maximum Gasteiger partial charge on any atom is 0.144 e. The van der Waals surface area contributed by atoms with Gasteiger partial charge in [0, 0.05) is 23.6 Å². The quantitative estimate of drug-likeness (QED) is 0.612. The third-order valence-corrected chi connectivity index (χ3v) is 9.74. The van der Waals surface area contributed by atoms with Crippen molar-refractivity contribution in [1.82, 2.24) is 4.67 Å². The van der Waals surface area contributed by atoms with Crippen molar-refractivity contribution in [3.8, 4) is 5.75 Å². The maximum atomic E-state index is 5.63. The normalized spacial score (nSPS) is 18.2. The zero-order valence-corrected chi connectivity index (χ0v) is 17.4. The molecule has 0 bridgehead atoms. The summed E-state index contributed by atoms with van der Waals surface area (Å²) in [7, 11) is -0.260. The molecule has 3 nitrogen and oxygen atoms in total. The average Bonchev–Trinajstić information content (AvgIpc) is 2.67. The van der Waals surface area contributed by atoms with Crippen LogP contribution in [0.3, 0.4) is 0 Å². The molecule has 0 saturated carbocycles. The van der Waals surface area contributed by atoms with E-state index in [2.05, 4.69) is 67.9 Å². The van der Waals surface area contributed by atoms with Gasteiger partial charge in [0.05, 0.1) is 14.3 Å². The van der Waals surface area contributed by atoms with Crippen LogP contribution in [0.4, 0.5) is 5.69 Å². The van der Waals surface area contributed by atoms with E-state index in [0.29, 0.717) is 0 Å². The van der Waals surface area contributed by atoms with Crippen molar-refractivity contribution in [2.75, 3.05) is 20.2 Å². The van der Waals surface area contributed by atoms with Crippen LogP contribution < -0.4 is 10.0 Å². The molecule has 0 unspecified atom stereocenters. The highest BCUT2D eigenvalue weighted by Crippen LogP contribution is 2.65. The van der Waals surface area contributed by atoms with Gasteiger partial charge in [-0.25, -0.2) is 4.74 Å². The number of piperidine rings is 1.